The van der Waals surface area contributed by atoms with E-state index in [0.717, 1.165) is 24.2 Å². The van der Waals surface area contributed by atoms with E-state index < -0.39 is 0 Å². The molecule has 3 aliphatic rings. The Bertz CT molecular complexity index is 462. The lowest BCUT2D eigenvalue weighted by atomic mass is 9.77. The first-order chi connectivity index (χ1) is 8.31. The number of nitrogens with zero attached hydrogens (tertiary/aromatic N) is 1. The maximum atomic E-state index is 6.05. The summed E-state index contributed by atoms with van der Waals surface area (Å²) in [7, 11) is 0. The van der Waals surface area contributed by atoms with Crippen LogP contribution in [0.4, 0.5) is 5.69 Å². The molecule has 0 bridgehead atoms. The minimum Gasteiger partial charge on any atom is -0.399 e. The van der Waals surface area contributed by atoms with Gasteiger partial charge in [-0.15, -0.1) is 0 Å². The molecular weight excluding hydrogens is 208 g/mol. The molecule has 0 aromatic heterocycles. The molecule has 0 amide bonds. The molecule has 1 atom stereocenters. The van der Waals surface area contributed by atoms with Crippen molar-refractivity contribution in [2.45, 2.75) is 50.6 Å². The lowest BCUT2D eigenvalue weighted by Gasteiger charge is -2.38. The number of hydrogen-bond donors (Lipinski definition) is 1. The van der Waals surface area contributed by atoms with Crippen molar-refractivity contribution >= 4 is 5.69 Å². The van der Waals surface area contributed by atoms with Crippen molar-refractivity contribution in [3.63, 3.8) is 0 Å². The Morgan fingerprint density at radius 1 is 1.12 bits per heavy atom. The number of benzene rings is 1. The van der Waals surface area contributed by atoms with Crippen LogP contribution >= 0.6 is 0 Å². The Morgan fingerprint density at radius 2 is 1.94 bits per heavy atom. The lowest BCUT2D eigenvalue weighted by molar-refractivity contribution is 0.210. The molecule has 0 saturated heterocycles. The molecule has 1 aliphatic heterocycles. The number of nitrogen functional groups attached to an aromatic ring is 1. The van der Waals surface area contributed by atoms with Crippen molar-refractivity contribution in [1.29, 1.82) is 0 Å². The summed E-state index contributed by atoms with van der Waals surface area (Å²) in [6, 6.07) is 5.33. The summed E-state index contributed by atoms with van der Waals surface area (Å²) in [4.78, 5) is 2.70. The van der Waals surface area contributed by atoms with Crippen LogP contribution in [0, 0.1) is 0 Å². The van der Waals surface area contributed by atoms with Crippen LogP contribution in [-0.4, -0.2) is 17.5 Å². The second-order valence-electron chi connectivity index (χ2n) is 6.00. The maximum absolute atomic E-state index is 6.05. The molecule has 2 aliphatic carbocycles. The molecule has 2 nitrogen and oxygen atoms in total. The van der Waals surface area contributed by atoms with E-state index >= 15 is 0 Å². The monoisotopic (exact) mass is 228 g/mol. The van der Waals surface area contributed by atoms with Crippen LogP contribution in [-0.2, 0) is 13.0 Å². The number of nitrogens with two attached hydrogens (primary N) is 1. The van der Waals surface area contributed by atoms with Gasteiger partial charge in [-0.05, 0) is 66.8 Å². The van der Waals surface area contributed by atoms with Crippen molar-refractivity contribution in [1.82, 2.24) is 4.90 Å². The topological polar surface area (TPSA) is 29.3 Å². The van der Waals surface area contributed by atoms with Crippen molar-refractivity contribution in [3.8, 4) is 0 Å². The third-order valence-electron chi connectivity index (χ3n) is 4.67. The first-order valence-electron chi connectivity index (χ1n) is 6.96. The van der Waals surface area contributed by atoms with Crippen molar-refractivity contribution in [2.24, 2.45) is 0 Å². The van der Waals surface area contributed by atoms with E-state index in [1.807, 2.05) is 0 Å². The Kier molecular flexibility index (Phi) is 2.04. The molecule has 1 heterocycles. The van der Waals surface area contributed by atoms with E-state index in [9.17, 15) is 0 Å². The van der Waals surface area contributed by atoms with Gasteiger partial charge in [0.25, 0.3) is 0 Å². The van der Waals surface area contributed by atoms with Gasteiger partial charge in [0.15, 0.2) is 0 Å². The van der Waals surface area contributed by atoms with E-state index in [1.54, 1.807) is 11.1 Å². The van der Waals surface area contributed by atoms with E-state index in [1.165, 1.54) is 44.2 Å². The van der Waals surface area contributed by atoms with E-state index in [4.69, 9.17) is 5.73 Å². The summed E-state index contributed by atoms with van der Waals surface area (Å²) in [6.07, 6.45) is 6.80. The summed E-state index contributed by atoms with van der Waals surface area (Å²) < 4.78 is 0. The number of aryl methyl sites for hydroxylation is 1. The smallest absolute Gasteiger partial charge is 0.0320 e. The van der Waals surface area contributed by atoms with E-state index in [-0.39, 0.29) is 0 Å². The quantitative estimate of drug-likeness (QED) is 0.749. The minimum atomic E-state index is 0.795. The standard InChI is InChI=1S/C15H20N2/c16-13-6-10-2-1-3-11-8-17(14-4-5-14)9-12(7-13)15(10)11/h6-7,11,14H,1-5,8-9,16H2/t11-/m1/s1. The second-order valence-corrected chi connectivity index (χ2v) is 6.00. The van der Waals surface area contributed by atoms with Crippen molar-refractivity contribution in [3.05, 3.63) is 28.8 Å². The van der Waals surface area contributed by atoms with Gasteiger partial charge in [-0.25, -0.2) is 0 Å². The third-order valence-corrected chi connectivity index (χ3v) is 4.67. The highest BCUT2D eigenvalue weighted by molar-refractivity contribution is 5.52. The highest BCUT2D eigenvalue weighted by Crippen LogP contribution is 2.42. The number of hydrogen-bond acceptors (Lipinski definition) is 2. The fraction of sp³-hybridized carbons (Fsp3) is 0.600. The van der Waals surface area contributed by atoms with Crippen LogP contribution in [0.25, 0.3) is 0 Å². The Balaban J connectivity index is 1.79. The molecule has 1 aromatic rings. The van der Waals surface area contributed by atoms with Crippen LogP contribution in [0.3, 0.4) is 0 Å². The fourth-order valence-electron chi connectivity index (χ4n) is 3.82. The van der Waals surface area contributed by atoms with Crippen LogP contribution in [0.1, 0.15) is 48.3 Å². The summed E-state index contributed by atoms with van der Waals surface area (Å²) in [5.74, 6) is 0.795. The Morgan fingerprint density at radius 3 is 2.76 bits per heavy atom. The predicted molar refractivity (Wildman–Crippen MR) is 70.0 cm³/mol. The van der Waals surface area contributed by atoms with Crippen molar-refractivity contribution < 1.29 is 0 Å². The number of rotatable bonds is 1. The molecule has 0 radical (unpaired) electrons. The molecule has 17 heavy (non-hydrogen) atoms. The molecule has 1 saturated carbocycles. The van der Waals surface area contributed by atoms with Gasteiger partial charge in [0.1, 0.15) is 0 Å². The van der Waals surface area contributed by atoms with Gasteiger partial charge in [-0.2, -0.15) is 0 Å². The summed E-state index contributed by atoms with van der Waals surface area (Å²) in [5, 5.41) is 0. The molecule has 1 aromatic carbocycles. The zero-order valence-electron chi connectivity index (χ0n) is 10.3. The Hall–Kier alpha value is -1.02. The molecule has 2 N–H and O–H groups in total. The zero-order valence-corrected chi connectivity index (χ0v) is 10.3. The first-order valence-corrected chi connectivity index (χ1v) is 6.96. The molecule has 0 spiro atoms. The van der Waals surface area contributed by atoms with Crippen LogP contribution in [0.15, 0.2) is 12.1 Å². The fourth-order valence-corrected chi connectivity index (χ4v) is 3.82. The van der Waals surface area contributed by atoms with Crippen LogP contribution in [0.2, 0.25) is 0 Å². The summed E-state index contributed by atoms with van der Waals surface area (Å²) in [5.41, 5.74) is 11.8. The molecule has 0 unspecified atom stereocenters. The van der Waals surface area contributed by atoms with Gasteiger partial charge < -0.3 is 5.73 Å². The highest BCUT2D eigenvalue weighted by atomic mass is 15.2. The lowest BCUT2D eigenvalue weighted by Crippen LogP contribution is -2.37. The third kappa shape index (κ3) is 1.58. The molecular formula is C15H20N2. The molecule has 90 valence electrons. The summed E-state index contributed by atoms with van der Waals surface area (Å²) >= 11 is 0. The van der Waals surface area contributed by atoms with Crippen molar-refractivity contribution in [2.75, 3.05) is 12.3 Å². The van der Waals surface area contributed by atoms with E-state index in [2.05, 4.69) is 17.0 Å². The molecule has 4 rings (SSSR count). The van der Waals surface area contributed by atoms with Gasteiger partial charge in [0.05, 0.1) is 0 Å². The predicted octanol–water partition coefficient (Wildman–Crippen LogP) is 2.67. The maximum Gasteiger partial charge on any atom is 0.0320 e. The van der Waals surface area contributed by atoms with Crippen LogP contribution in [0.5, 0.6) is 0 Å². The zero-order chi connectivity index (χ0) is 11.4. The average Bonchev–Trinajstić information content (AvgIpc) is 3.12. The second kappa shape index (κ2) is 3.49. The van der Waals surface area contributed by atoms with Gasteiger partial charge in [-0.3, -0.25) is 4.90 Å². The highest BCUT2D eigenvalue weighted by Gasteiger charge is 2.36. The van der Waals surface area contributed by atoms with Gasteiger partial charge in [0.2, 0.25) is 0 Å². The normalized spacial score (nSPS) is 27.9. The first kappa shape index (κ1) is 9.95. The number of anilines is 1. The average molecular weight is 228 g/mol. The summed E-state index contributed by atoms with van der Waals surface area (Å²) in [6.45, 7) is 2.45. The van der Waals surface area contributed by atoms with E-state index in [0.29, 0.717) is 0 Å². The van der Waals surface area contributed by atoms with Gasteiger partial charge in [-0.1, -0.05) is 0 Å². The molecule has 1 fully saturated rings. The Labute approximate surface area is 103 Å². The van der Waals surface area contributed by atoms with Crippen LogP contribution < -0.4 is 5.73 Å². The molecule has 2 heteroatoms. The van der Waals surface area contributed by atoms with Gasteiger partial charge >= 0.3 is 0 Å². The SMILES string of the molecule is Nc1cc2c3c(c1)CN(C1CC1)C[C@H]3CCC2. The largest absolute Gasteiger partial charge is 0.399 e. The van der Waals surface area contributed by atoms with Gasteiger partial charge in [0, 0.05) is 24.8 Å². The minimum absolute atomic E-state index is 0.795.